The van der Waals surface area contributed by atoms with Crippen molar-refractivity contribution in [2.45, 2.75) is 428 Å². The fourth-order valence-electron chi connectivity index (χ4n) is 13.3. The fraction of sp³-hybridized carbons (Fsp3) is 0.824. The van der Waals surface area contributed by atoms with Gasteiger partial charge in [-0.2, -0.15) is 0 Å². The van der Waals surface area contributed by atoms with Crippen molar-refractivity contribution in [2.24, 2.45) is 0 Å². The van der Waals surface area contributed by atoms with Crippen molar-refractivity contribution in [3.63, 3.8) is 0 Å². The lowest BCUT2D eigenvalue weighted by molar-refractivity contribution is -0.359. The summed E-state index contributed by atoms with van der Waals surface area (Å²) in [6.07, 6.45) is 79.7. The molecule has 0 aromatic carbocycles. The maximum absolute atomic E-state index is 13.4. The molecular weight excluding hydrogens is 1240 g/mol. The van der Waals surface area contributed by atoms with Crippen LogP contribution in [0.15, 0.2) is 85.1 Å². The Kier molecular flexibility index (Phi) is 63.6. The van der Waals surface area contributed by atoms with E-state index in [1.165, 1.54) is 250 Å². The average Bonchev–Trinajstić information content (AvgIpc) is 0.793. The van der Waals surface area contributed by atoms with E-state index in [1.807, 2.05) is 6.08 Å². The second-order valence-electron chi connectivity index (χ2n) is 28.9. The quantitative estimate of drug-likeness (QED) is 0.0204. The molecule has 9 N–H and O–H groups in total. The van der Waals surface area contributed by atoms with E-state index in [0.717, 1.165) is 70.6 Å². The van der Waals surface area contributed by atoms with Crippen LogP contribution in [0.2, 0.25) is 0 Å². The van der Waals surface area contributed by atoms with E-state index in [9.17, 15) is 45.6 Å². The molecule has 0 saturated carbocycles. The van der Waals surface area contributed by atoms with Crippen molar-refractivity contribution < 1.29 is 64.6 Å². The van der Waals surface area contributed by atoms with Crippen LogP contribution in [-0.2, 0) is 23.7 Å². The summed E-state index contributed by atoms with van der Waals surface area (Å²) in [5.74, 6) is -0.249. The third-order valence-electron chi connectivity index (χ3n) is 19.8. The number of nitrogens with one attached hydrogen (secondary N) is 1. The zero-order valence-electron chi connectivity index (χ0n) is 63.2. The predicted octanol–water partition coefficient (Wildman–Crippen LogP) is 19.1. The van der Waals surface area contributed by atoms with Gasteiger partial charge in [-0.05, 0) is 83.5 Å². The van der Waals surface area contributed by atoms with Crippen LogP contribution < -0.4 is 5.32 Å². The molecule has 1 amide bonds. The van der Waals surface area contributed by atoms with Gasteiger partial charge in [0.2, 0.25) is 5.91 Å². The molecule has 12 unspecified atom stereocenters. The molecule has 12 atom stereocenters. The first-order chi connectivity index (χ1) is 48.6. The summed E-state index contributed by atoms with van der Waals surface area (Å²) >= 11 is 0. The Morgan fingerprint density at radius 2 is 0.707 bits per heavy atom. The minimum atomic E-state index is -1.80. The Morgan fingerprint density at radius 1 is 0.374 bits per heavy atom. The Bertz CT molecular complexity index is 1990. The first-order valence-electron chi connectivity index (χ1n) is 41.3. The van der Waals surface area contributed by atoms with E-state index in [-0.39, 0.29) is 18.9 Å². The van der Waals surface area contributed by atoms with Gasteiger partial charge in [0.1, 0.15) is 48.8 Å². The molecule has 2 fully saturated rings. The van der Waals surface area contributed by atoms with Crippen LogP contribution in [0.3, 0.4) is 0 Å². The normalized spacial score (nSPS) is 22.4. The summed E-state index contributed by atoms with van der Waals surface area (Å²) in [5, 5.41) is 87.7. The molecule has 2 saturated heterocycles. The zero-order chi connectivity index (χ0) is 71.5. The second kappa shape index (κ2) is 68.3. The van der Waals surface area contributed by atoms with Gasteiger partial charge in [0.05, 0.1) is 32.0 Å². The molecule has 2 heterocycles. The highest BCUT2D eigenvalue weighted by molar-refractivity contribution is 5.76. The van der Waals surface area contributed by atoms with E-state index >= 15 is 0 Å². The molecule has 99 heavy (non-hydrogen) atoms. The van der Waals surface area contributed by atoms with Crippen LogP contribution in [0.1, 0.15) is 354 Å². The van der Waals surface area contributed by atoms with E-state index in [4.69, 9.17) is 18.9 Å². The fourth-order valence-corrected chi connectivity index (χ4v) is 13.3. The smallest absolute Gasteiger partial charge is 0.220 e. The molecular formula is C85H153NO13. The number of carbonyl (C=O) groups is 1. The van der Waals surface area contributed by atoms with Crippen LogP contribution in [0, 0.1) is 0 Å². The molecule has 0 aromatic rings. The number of amides is 1. The summed E-state index contributed by atoms with van der Waals surface area (Å²) in [6.45, 7) is 2.71. The van der Waals surface area contributed by atoms with Gasteiger partial charge < -0.3 is 65.1 Å². The Hall–Kier alpha value is -2.83. The van der Waals surface area contributed by atoms with Gasteiger partial charge in [0.25, 0.3) is 0 Å². The maximum atomic E-state index is 13.4. The van der Waals surface area contributed by atoms with Crippen molar-refractivity contribution >= 4 is 5.91 Å². The predicted molar refractivity (Wildman–Crippen MR) is 410 cm³/mol. The van der Waals surface area contributed by atoms with E-state index < -0.39 is 86.8 Å². The Labute approximate surface area is 605 Å². The first kappa shape index (κ1) is 92.3. The number of rotatable bonds is 69. The van der Waals surface area contributed by atoms with Gasteiger partial charge in [-0.3, -0.25) is 4.79 Å². The summed E-state index contributed by atoms with van der Waals surface area (Å²) in [4.78, 5) is 13.4. The molecule has 2 aliphatic rings. The van der Waals surface area contributed by atoms with Gasteiger partial charge in [-0.15, -0.1) is 0 Å². The number of carbonyl (C=O) groups excluding carboxylic acids is 1. The van der Waals surface area contributed by atoms with Crippen molar-refractivity contribution in [2.75, 3.05) is 19.8 Å². The van der Waals surface area contributed by atoms with Crippen molar-refractivity contribution in [3.8, 4) is 0 Å². The van der Waals surface area contributed by atoms with Gasteiger partial charge in [-0.25, -0.2) is 0 Å². The van der Waals surface area contributed by atoms with Gasteiger partial charge in [0.15, 0.2) is 12.6 Å². The van der Waals surface area contributed by atoms with Crippen LogP contribution in [0.25, 0.3) is 0 Å². The molecule has 14 heteroatoms. The number of hydrogen-bond donors (Lipinski definition) is 9. The topological polar surface area (TPSA) is 228 Å². The van der Waals surface area contributed by atoms with E-state index in [1.54, 1.807) is 6.08 Å². The summed E-state index contributed by atoms with van der Waals surface area (Å²) in [6, 6.07) is -0.943. The minimum absolute atomic E-state index is 0.249. The molecule has 0 spiro atoms. The largest absolute Gasteiger partial charge is 0.394 e. The monoisotopic (exact) mass is 1400 g/mol. The van der Waals surface area contributed by atoms with E-state index in [2.05, 4.69) is 92.1 Å². The number of aliphatic hydroxyl groups excluding tert-OH is 8. The standard InChI is InChI=1S/C85H153NO13/c1-3-5-7-9-11-13-15-17-19-21-23-25-27-29-31-33-35-37-39-41-43-45-47-49-51-53-55-57-59-61-63-65-67-69-77(90)86-73(72-96-84-82(95)80(93)83(76(71-88)98-84)99-85-81(94)79(92)78(91)75(70-87)97-85)74(89)68-66-64-62-60-58-56-54-52-50-48-46-44-42-40-38-36-34-32-30-28-26-24-22-20-18-16-14-12-10-8-6-4-2/h5,7,11,13,17,19,23,25,50,52,58,60,66,68,73-76,78-85,87-89,91-95H,3-4,6,8-10,12,14-16,18,20-22,24,26-49,51,53-57,59,61-65,67,69-72H2,1-2H3,(H,86,90)/b7-5-,13-11-,19-17-,25-23-,52-50+,60-58+,68-66+. The second-order valence-corrected chi connectivity index (χ2v) is 28.9. The van der Waals surface area contributed by atoms with Crippen molar-refractivity contribution in [1.82, 2.24) is 5.32 Å². The molecule has 2 aliphatic heterocycles. The third kappa shape index (κ3) is 51.1. The van der Waals surface area contributed by atoms with Crippen molar-refractivity contribution in [3.05, 3.63) is 85.1 Å². The summed E-state index contributed by atoms with van der Waals surface area (Å²) < 4.78 is 22.9. The number of unbranched alkanes of at least 4 members (excludes halogenated alkanes) is 44. The highest BCUT2D eigenvalue weighted by Gasteiger charge is 2.51. The molecule has 576 valence electrons. The molecule has 0 aromatic heterocycles. The number of ether oxygens (including phenoxy) is 4. The molecule has 0 aliphatic carbocycles. The number of hydrogen-bond acceptors (Lipinski definition) is 13. The van der Waals surface area contributed by atoms with Crippen LogP contribution >= 0.6 is 0 Å². The highest BCUT2D eigenvalue weighted by atomic mass is 16.7. The average molecular weight is 1400 g/mol. The van der Waals surface area contributed by atoms with Crippen LogP contribution in [0.4, 0.5) is 0 Å². The molecule has 2 rings (SSSR count). The van der Waals surface area contributed by atoms with Crippen LogP contribution in [0.5, 0.6) is 0 Å². The Morgan fingerprint density at radius 3 is 1.11 bits per heavy atom. The lowest BCUT2D eigenvalue weighted by Gasteiger charge is -2.46. The highest BCUT2D eigenvalue weighted by Crippen LogP contribution is 2.30. The molecule has 14 nitrogen and oxygen atoms in total. The number of aliphatic hydroxyl groups is 8. The van der Waals surface area contributed by atoms with Gasteiger partial charge in [0, 0.05) is 6.42 Å². The molecule has 0 bridgehead atoms. The van der Waals surface area contributed by atoms with Gasteiger partial charge >= 0.3 is 0 Å². The van der Waals surface area contributed by atoms with Gasteiger partial charge in [-0.1, -0.05) is 349 Å². The maximum Gasteiger partial charge on any atom is 0.220 e. The zero-order valence-corrected chi connectivity index (χ0v) is 63.2. The SMILES string of the molecule is CC/C=C\C/C=C\C/C=C\C/C=C\CCCCCCCCCCCCCCCCCCCCCCC(=O)NC(COC1OC(CO)C(OC2OC(CO)C(O)C(O)C2O)C(O)C1O)C(O)/C=C/CC/C=C/CC/C=C/CCCCCCCCCCCCCCCCCCCCCCCC. The van der Waals surface area contributed by atoms with Crippen LogP contribution in [-0.4, -0.2) is 140 Å². The van der Waals surface area contributed by atoms with Crippen molar-refractivity contribution in [1.29, 1.82) is 0 Å². The molecule has 0 radical (unpaired) electrons. The Balaban J connectivity index is 1.62. The lowest BCUT2D eigenvalue weighted by atomic mass is 9.97. The van der Waals surface area contributed by atoms with E-state index in [0.29, 0.717) is 12.8 Å². The number of allylic oxidation sites excluding steroid dienone is 13. The summed E-state index contributed by atoms with van der Waals surface area (Å²) in [5.41, 5.74) is 0. The first-order valence-corrected chi connectivity index (χ1v) is 41.3. The third-order valence-corrected chi connectivity index (χ3v) is 19.8. The lowest BCUT2D eigenvalue weighted by Crippen LogP contribution is -2.65. The minimum Gasteiger partial charge on any atom is -0.394 e. The summed E-state index contributed by atoms with van der Waals surface area (Å²) in [7, 11) is 0.